The Morgan fingerprint density at radius 1 is 1.35 bits per heavy atom. The zero-order valence-electron chi connectivity index (χ0n) is 14.1. The van der Waals surface area contributed by atoms with E-state index < -0.39 is 5.60 Å². The van der Waals surface area contributed by atoms with Gasteiger partial charge in [0.25, 0.3) is 0 Å². The number of nitrogens with one attached hydrogen (secondary N) is 1. The molecule has 5 heteroatoms. The first-order valence-electron chi connectivity index (χ1n) is 7.82. The number of carbonyl (C=O) groups is 1. The van der Waals surface area contributed by atoms with Gasteiger partial charge in [0.1, 0.15) is 5.00 Å². The molecule has 0 fully saturated rings. The van der Waals surface area contributed by atoms with E-state index in [4.69, 9.17) is 0 Å². The SMILES string of the molecule is Cc1nc(CC(C)C)c(NC(=O)CC(C)(O)c2ccccc2)s1. The molecule has 124 valence electrons. The predicted molar refractivity (Wildman–Crippen MR) is 94.7 cm³/mol. The Morgan fingerprint density at radius 2 is 2.00 bits per heavy atom. The number of aryl methyl sites for hydroxylation is 1. The Balaban J connectivity index is 2.08. The van der Waals surface area contributed by atoms with Crippen LogP contribution in [0.1, 0.15) is 43.5 Å². The van der Waals surface area contributed by atoms with Crippen LogP contribution < -0.4 is 5.32 Å². The molecule has 0 saturated heterocycles. The quantitative estimate of drug-likeness (QED) is 0.843. The summed E-state index contributed by atoms with van der Waals surface area (Å²) in [5.41, 5.74) is 0.469. The maximum atomic E-state index is 12.4. The van der Waals surface area contributed by atoms with Crippen LogP contribution in [0.4, 0.5) is 5.00 Å². The topological polar surface area (TPSA) is 62.2 Å². The normalized spacial score (nSPS) is 13.8. The zero-order chi connectivity index (χ0) is 17.0. The summed E-state index contributed by atoms with van der Waals surface area (Å²) in [5.74, 6) is 0.270. The van der Waals surface area contributed by atoms with Gasteiger partial charge in [0.05, 0.1) is 22.7 Å². The Bertz CT molecular complexity index is 663. The first-order valence-corrected chi connectivity index (χ1v) is 8.63. The van der Waals surface area contributed by atoms with Gasteiger partial charge in [-0.05, 0) is 31.7 Å². The number of anilines is 1. The number of hydrogen-bond donors (Lipinski definition) is 2. The number of benzene rings is 1. The van der Waals surface area contributed by atoms with Gasteiger partial charge in [-0.15, -0.1) is 11.3 Å². The van der Waals surface area contributed by atoms with Crippen molar-refractivity contribution in [2.75, 3.05) is 5.32 Å². The molecule has 23 heavy (non-hydrogen) atoms. The number of thiazole rings is 1. The van der Waals surface area contributed by atoms with Gasteiger partial charge in [0.2, 0.25) is 5.91 Å². The molecule has 4 nitrogen and oxygen atoms in total. The summed E-state index contributed by atoms with van der Waals surface area (Å²) in [7, 11) is 0. The predicted octanol–water partition coefficient (Wildman–Crippen LogP) is 3.89. The molecule has 1 unspecified atom stereocenters. The summed E-state index contributed by atoms with van der Waals surface area (Å²) in [6.45, 7) is 7.85. The fourth-order valence-electron chi connectivity index (χ4n) is 2.48. The third-order valence-electron chi connectivity index (χ3n) is 3.56. The molecule has 2 aromatic rings. The van der Waals surface area contributed by atoms with Crippen LogP contribution in [0.5, 0.6) is 0 Å². The van der Waals surface area contributed by atoms with Crippen molar-refractivity contribution in [2.24, 2.45) is 5.92 Å². The van der Waals surface area contributed by atoms with Crippen LogP contribution in [0.2, 0.25) is 0 Å². The number of amides is 1. The fourth-order valence-corrected chi connectivity index (χ4v) is 3.34. The van der Waals surface area contributed by atoms with Crippen molar-refractivity contribution in [1.29, 1.82) is 0 Å². The molecule has 1 heterocycles. The second-order valence-electron chi connectivity index (χ2n) is 6.47. The minimum Gasteiger partial charge on any atom is -0.385 e. The van der Waals surface area contributed by atoms with Crippen molar-refractivity contribution in [2.45, 2.75) is 46.1 Å². The molecular formula is C18H24N2O2S. The highest BCUT2D eigenvalue weighted by Crippen LogP contribution is 2.29. The standard InChI is InChI=1S/C18H24N2O2S/c1-12(2)10-15-17(23-13(3)19-15)20-16(21)11-18(4,22)14-8-6-5-7-9-14/h5-9,12,22H,10-11H2,1-4H3,(H,20,21). The molecule has 0 aliphatic heterocycles. The van der Waals surface area contributed by atoms with Crippen LogP contribution in [0, 0.1) is 12.8 Å². The van der Waals surface area contributed by atoms with Gasteiger partial charge in [-0.1, -0.05) is 44.2 Å². The van der Waals surface area contributed by atoms with Gasteiger partial charge in [-0.25, -0.2) is 4.98 Å². The second kappa shape index (κ2) is 7.23. The lowest BCUT2D eigenvalue weighted by atomic mass is 9.92. The monoisotopic (exact) mass is 332 g/mol. The number of aliphatic hydroxyl groups is 1. The minimum atomic E-state index is -1.19. The largest absolute Gasteiger partial charge is 0.385 e. The number of rotatable bonds is 6. The first-order chi connectivity index (χ1) is 10.8. The van der Waals surface area contributed by atoms with E-state index >= 15 is 0 Å². The highest BCUT2D eigenvalue weighted by molar-refractivity contribution is 7.16. The van der Waals surface area contributed by atoms with E-state index in [9.17, 15) is 9.90 Å². The van der Waals surface area contributed by atoms with E-state index in [1.165, 1.54) is 11.3 Å². The maximum absolute atomic E-state index is 12.4. The Morgan fingerprint density at radius 3 is 2.61 bits per heavy atom. The van der Waals surface area contributed by atoms with Gasteiger partial charge in [0, 0.05) is 0 Å². The van der Waals surface area contributed by atoms with E-state index in [-0.39, 0.29) is 12.3 Å². The molecular weight excluding hydrogens is 308 g/mol. The van der Waals surface area contributed by atoms with Gasteiger partial charge in [0.15, 0.2) is 0 Å². The third-order valence-corrected chi connectivity index (χ3v) is 4.49. The Labute approximate surface area is 141 Å². The summed E-state index contributed by atoms with van der Waals surface area (Å²) < 4.78 is 0. The molecule has 1 aromatic heterocycles. The van der Waals surface area contributed by atoms with Crippen molar-refractivity contribution in [3.8, 4) is 0 Å². The molecule has 2 rings (SSSR count). The van der Waals surface area contributed by atoms with E-state index in [0.717, 1.165) is 27.7 Å². The minimum absolute atomic E-state index is 0.00901. The van der Waals surface area contributed by atoms with Crippen LogP contribution in [0.3, 0.4) is 0 Å². The molecule has 0 aliphatic carbocycles. The molecule has 0 radical (unpaired) electrons. The van der Waals surface area contributed by atoms with Crippen molar-refractivity contribution in [1.82, 2.24) is 4.98 Å². The van der Waals surface area contributed by atoms with Crippen molar-refractivity contribution >= 4 is 22.2 Å². The zero-order valence-corrected chi connectivity index (χ0v) is 14.9. The lowest BCUT2D eigenvalue weighted by molar-refractivity contribution is -0.120. The van der Waals surface area contributed by atoms with Gasteiger partial charge in [-0.3, -0.25) is 4.79 Å². The van der Waals surface area contributed by atoms with Crippen LogP contribution in [-0.4, -0.2) is 16.0 Å². The summed E-state index contributed by atoms with van der Waals surface area (Å²) in [6.07, 6.45) is 0.837. The number of aromatic nitrogens is 1. The van der Waals surface area contributed by atoms with E-state index in [1.54, 1.807) is 6.92 Å². The van der Waals surface area contributed by atoms with Crippen LogP contribution in [-0.2, 0) is 16.8 Å². The molecule has 0 saturated carbocycles. The average Bonchev–Trinajstić information content (AvgIpc) is 2.78. The van der Waals surface area contributed by atoms with Crippen molar-refractivity contribution < 1.29 is 9.90 Å². The van der Waals surface area contributed by atoms with Gasteiger partial charge in [-0.2, -0.15) is 0 Å². The number of carbonyl (C=O) groups excluding carboxylic acids is 1. The first kappa shape index (κ1) is 17.6. The van der Waals surface area contributed by atoms with E-state index in [2.05, 4.69) is 24.1 Å². The maximum Gasteiger partial charge on any atom is 0.228 e. The van der Waals surface area contributed by atoms with Crippen LogP contribution in [0.15, 0.2) is 30.3 Å². The highest BCUT2D eigenvalue weighted by Gasteiger charge is 2.27. The Hall–Kier alpha value is -1.72. The van der Waals surface area contributed by atoms with Gasteiger partial charge >= 0.3 is 0 Å². The lowest BCUT2D eigenvalue weighted by Crippen LogP contribution is -2.28. The van der Waals surface area contributed by atoms with Crippen molar-refractivity contribution in [3.63, 3.8) is 0 Å². The number of nitrogens with zero attached hydrogens (tertiary/aromatic N) is 1. The third kappa shape index (κ3) is 4.88. The fraction of sp³-hybridized carbons (Fsp3) is 0.444. The summed E-state index contributed by atoms with van der Waals surface area (Å²) >= 11 is 1.48. The molecule has 1 aromatic carbocycles. The lowest BCUT2D eigenvalue weighted by Gasteiger charge is -2.23. The summed E-state index contributed by atoms with van der Waals surface area (Å²) in [6, 6.07) is 9.25. The average molecular weight is 332 g/mol. The number of hydrogen-bond acceptors (Lipinski definition) is 4. The molecule has 0 aliphatic rings. The molecule has 0 spiro atoms. The van der Waals surface area contributed by atoms with Crippen LogP contribution >= 0.6 is 11.3 Å². The second-order valence-corrected chi connectivity index (χ2v) is 7.67. The van der Waals surface area contributed by atoms with Crippen LogP contribution in [0.25, 0.3) is 0 Å². The van der Waals surface area contributed by atoms with Crippen molar-refractivity contribution in [3.05, 3.63) is 46.6 Å². The van der Waals surface area contributed by atoms with E-state index in [0.29, 0.717) is 5.92 Å². The van der Waals surface area contributed by atoms with Gasteiger partial charge < -0.3 is 10.4 Å². The molecule has 1 atom stereocenters. The van der Waals surface area contributed by atoms with E-state index in [1.807, 2.05) is 37.3 Å². The summed E-state index contributed by atoms with van der Waals surface area (Å²) in [5, 5.41) is 15.2. The summed E-state index contributed by atoms with van der Waals surface area (Å²) in [4.78, 5) is 16.9. The Kier molecular flexibility index (Phi) is 5.55. The molecule has 2 N–H and O–H groups in total. The smallest absolute Gasteiger partial charge is 0.228 e. The highest BCUT2D eigenvalue weighted by atomic mass is 32.1. The molecule has 1 amide bonds. The molecule has 0 bridgehead atoms.